The zero-order valence-electron chi connectivity index (χ0n) is 12.1. The van der Waals surface area contributed by atoms with Gasteiger partial charge in [0.15, 0.2) is 0 Å². The lowest BCUT2D eigenvalue weighted by Gasteiger charge is -2.28. The van der Waals surface area contributed by atoms with Crippen molar-refractivity contribution in [2.45, 2.75) is 72.3 Å². The molecule has 0 aliphatic heterocycles. The van der Waals surface area contributed by atoms with Crippen molar-refractivity contribution in [2.75, 3.05) is 0 Å². The molecule has 4 heteroatoms. The molecule has 0 fully saturated rings. The first-order valence-electron chi connectivity index (χ1n) is 6.78. The van der Waals surface area contributed by atoms with Gasteiger partial charge in [-0.05, 0) is 18.3 Å². The summed E-state index contributed by atoms with van der Waals surface area (Å²) in [6, 6.07) is -0.774. The second-order valence-electron chi connectivity index (χ2n) is 5.77. The van der Waals surface area contributed by atoms with Gasteiger partial charge in [0.2, 0.25) is 5.91 Å². The van der Waals surface area contributed by atoms with Gasteiger partial charge in [-0.15, -0.1) is 0 Å². The molecule has 2 N–H and O–H groups in total. The first-order valence-corrected chi connectivity index (χ1v) is 6.78. The highest BCUT2D eigenvalue weighted by atomic mass is 16.4. The molecule has 0 aliphatic carbocycles. The Balaban J connectivity index is 4.23. The molecule has 0 saturated carbocycles. The second-order valence-corrected chi connectivity index (χ2v) is 5.77. The molecule has 106 valence electrons. The van der Waals surface area contributed by atoms with E-state index in [2.05, 4.69) is 26.1 Å². The van der Waals surface area contributed by atoms with E-state index in [9.17, 15) is 9.59 Å². The molecule has 0 spiro atoms. The standard InChI is InChI=1S/C14H27NO3/c1-5-6-7-8-9-14(3,4)10-12(13(17)18)15-11(2)16/h12H,5-10H2,1-4H3,(H,15,16)(H,17,18)/t12-/m0/s1. The van der Waals surface area contributed by atoms with Gasteiger partial charge in [-0.2, -0.15) is 0 Å². The van der Waals surface area contributed by atoms with Gasteiger partial charge in [-0.1, -0.05) is 46.5 Å². The van der Waals surface area contributed by atoms with Crippen LogP contribution in [-0.4, -0.2) is 23.0 Å². The summed E-state index contributed by atoms with van der Waals surface area (Å²) in [5, 5.41) is 11.6. The molecule has 18 heavy (non-hydrogen) atoms. The topological polar surface area (TPSA) is 66.4 Å². The predicted molar refractivity (Wildman–Crippen MR) is 72.4 cm³/mol. The molecule has 0 bridgehead atoms. The fourth-order valence-corrected chi connectivity index (χ4v) is 2.13. The van der Waals surface area contributed by atoms with Gasteiger partial charge in [-0.25, -0.2) is 4.79 Å². The van der Waals surface area contributed by atoms with Crippen LogP contribution in [0.15, 0.2) is 0 Å². The summed E-state index contributed by atoms with van der Waals surface area (Å²) in [5.41, 5.74) is -0.0563. The van der Waals surface area contributed by atoms with Crippen molar-refractivity contribution in [3.05, 3.63) is 0 Å². The molecule has 1 atom stereocenters. The fraction of sp³-hybridized carbons (Fsp3) is 0.857. The molecular weight excluding hydrogens is 230 g/mol. The summed E-state index contributed by atoms with van der Waals surface area (Å²) in [6.45, 7) is 7.65. The van der Waals surface area contributed by atoms with Crippen LogP contribution >= 0.6 is 0 Å². The minimum absolute atomic E-state index is 0.0563. The van der Waals surface area contributed by atoms with Crippen LogP contribution in [-0.2, 0) is 9.59 Å². The number of carbonyl (C=O) groups is 2. The van der Waals surface area contributed by atoms with Crippen molar-refractivity contribution in [2.24, 2.45) is 5.41 Å². The molecule has 0 rings (SSSR count). The van der Waals surface area contributed by atoms with E-state index in [1.807, 2.05) is 0 Å². The van der Waals surface area contributed by atoms with Crippen LogP contribution in [0.25, 0.3) is 0 Å². The van der Waals surface area contributed by atoms with Gasteiger partial charge in [0, 0.05) is 6.92 Å². The van der Waals surface area contributed by atoms with Crippen LogP contribution in [0.1, 0.15) is 66.2 Å². The van der Waals surface area contributed by atoms with Gasteiger partial charge < -0.3 is 10.4 Å². The maximum absolute atomic E-state index is 11.1. The second kappa shape index (κ2) is 8.11. The van der Waals surface area contributed by atoms with Gasteiger partial charge in [0.05, 0.1) is 0 Å². The lowest BCUT2D eigenvalue weighted by molar-refractivity contribution is -0.142. The SMILES string of the molecule is CCCCCCC(C)(C)C[C@H](NC(C)=O)C(=O)O. The van der Waals surface area contributed by atoms with Gasteiger partial charge in [0.1, 0.15) is 6.04 Å². The quantitative estimate of drug-likeness (QED) is 0.624. The Hall–Kier alpha value is -1.06. The maximum atomic E-state index is 11.1. The Kier molecular flexibility index (Phi) is 7.64. The zero-order chi connectivity index (χ0) is 14.2. The van der Waals surface area contributed by atoms with E-state index in [0.29, 0.717) is 6.42 Å². The first kappa shape index (κ1) is 16.9. The lowest BCUT2D eigenvalue weighted by Crippen LogP contribution is -2.42. The number of aliphatic carboxylic acids is 1. The van der Waals surface area contributed by atoms with Crippen LogP contribution in [0.3, 0.4) is 0 Å². The average molecular weight is 257 g/mol. The van der Waals surface area contributed by atoms with Crippen LogP contribution in [0.4, 0.5) is 0 Å². The summed E-state index contributed by atoms with van der Waals surface area (Å²) < 4.78 is 0. The minimum Gasteiger partial charge on any atom is -0.480 e. The molecule has 0 aromatic carbocycles. The molecule has 0 radical (unpaired) electrons. The summed E-state index contributed by atoms with van der Waals surface area (Å²) >= 11 is 0. The van der Waals surface area contributed by atoms with E-state index in [-0.39, 0.29) is 11.3 Å². The van der Waals surface area contributed by atoms with E-state index in [1.54, 1.807) is 0 Å². The Bertz CT molecular complexity index is 274. The number of carboxylic acid groups (broad SMARTS) is 1. The fourth-order valence-electron chi connectivity index (χ4n) is 2.13. The Morgan fingerprint density at radius 1 is 1.22 bits per heavy atom. The van der Waals surface area contributed by atoms with Gasteiger partial charge in [0.25, 0.3) is 0 Å². The van der Waals surface area contributed by atoms with Crippen molar-refractivity contribution in [1.29, 1.82) is 0 Å². The molecule has 0 saturated heterocycles. The molecule has 1 amide bonds. The van der Waals surface area contributed by atoms with Crippen molar-refractivity contribution < 1.29 is 14.7 Å². The molecule has 0 aliphatic rings. The largest absolute Gasteiger partial charge is 0.480 e. The molecule has 0 heterocycles. The summed E-state index contributed by atoms with van der Waals surface area (Å²) in [4.78, 5) is 22.0. The lowest BCUT2D eigenvalue weighted by atomic mass is 9.81. The number of nitrogens with one attached hydrogen (secondary N) is 1. The van der Waals surface area contributed by atoms with Crippen molar-refractivity contribution in [3.63, 3.8) is 0 Å². The van der Waals surface area contributed by atoms with Crippen LogP contribution in [0.5, 0.6) is 0 Å². The molecule has 4 nitrogen and oxygen atoms in total. The third-order valence-corrected chi connectivity index (χ3v) is 3.14. The summed E-state index contributed by atoms with van der Waals surface area (Å²) in [7, 11) is 0. The van der Waals surface area contributed by atoms with Crippen molar-refractivity contribution in [3.8, 4) is 0 Å². The van der Waals surface area contributed by atoms with Gasteiger partial charge >= 0.3 is 5.97 Å². The van der Waals surface area contributed by atoms with Crippen molar-refractivity contribution in [1.82, 2.24) is 5.32 Å². The number of carboxylic acids is 1. The highest BCUT2D eigenvalue weighted by Gasteiger charge is 2.27. The number of amides is 1. The maximum Gasteiger partial charge on any atom is 0.326 e. The smallest absolute Gasteiger partial charge is 0.326 e. The van der Waals surface area contributed by atoms with Crippen molar-refractivity contribution >= 4 is 11.9 Å². The number of hydrogen-bond donors (Lipinski definition) is 2. The molecular formula is C14H27NO3. The highest BCUT2D eigenvalue weighted by Crippen LogP contribution is 2.29. The average Bonchev–Trinajstić information content (AvgIpc) is 2.22. The normalized spacial score (nSPS) is 13.1. The minimum atomic E-state index is -0.952. The van der Waals surface area contributed by atoms with Crippen LogP contribution in [0, 0.1) is 5.41 Å². The van der Waals surface area contributed by atoms with E-state index in [1.165, 1.54) is 26.2 Å². The molecule has 0 aromatic heterocycles. The van der Waals surface area contributed by atoms with Crippen LogP contribution < -0.4 is 5.32 Å². The Morgan fingerprint density at radius 3 is 2.28 bits per heavy atom. The zero-order valence-corrected chi connectivity index (χ0v) is 12.1. The van der Waals surface area contributed by atoms with E-state index < -0.39 is 12.0 Å². The first-order chi connectivity index (χ1) is 8.28. The number of hydrogen-bond acceptors (Lipinski definition) is 2. The third kappa shape index (κ3) is 8.09. The Labute approximate surface area is 110 Å². The summed E-state index contributed by atoms with van der Waals surface area (Å²) in [6.07, 6.45) is 6.21. The van der Waals surface area contributed by atoms with E-state index in [0.717, 1.165) is 12.8 Å². The number of unbranched alkanes of at least 4 members (excludes halogenated alkanes) is 3. The van der Waals surface area contributed by atoms with Crippen LogP contribution in [0.2, 0.25) is 0 Å². The van der Waals surface area contributed by atoms with Gasteiger partial charge in [-0.3, -0.25) is 4.79 Å². The number of carbonyl (C=O) groups excluding carboxylic acids is 1. The monoisotopic (exact) mass is 257 g/mol. The predicted octanol–water partition coefficient (Wildman–Crippen LogP) is 2.96. The molecule has 0 aromatic rings. The van der Waals surface area contributed by atoms with E-state index in [4.69, 9.17) is 5.11 Å². The number of rotatable bonds is 9. The molecule has 0 unspecified atom stereocenters. The van der Waals surface area contributed by atoms with E-state index >= 15 is 0 Å². The highest BCUT2D eigenvalue weighted by molar-refractivity contribution is 5.82. The third-order valence-electron chi connectivity index (χ3n) is 3.14. The summed E-state index contributed by atoms with van der Waals surface area (Å²) in [5.74, 6) is -1.24. The Morgan fingerprint density at radius 2 is 1.83 bits per heavy atom.